The Hall–Kier alpha value is -1.53. The van der Waals surface area contributed by atoms with Gasteiger partial charge in [-0.1, -0.05) is 0 Å². The molecule has 1 aromatic carbocycles. The zero-order chi connectivity index (χ0) is 19.6. The highest BCUT2D eigenvalue weighted by Gasteiger charge is 2.26. The van der Waals surface area contributed by atoms with E-state index < -0.39 is 14.9 Å². The van der Waals surface area contributed by atoms with E-state index in [1.165, 1.54) is 24.1 Å². The molecule has 1 N–H and O–H groups in total. The van der Waals surface area contributed by atoms with Crippen LogP contribution in [0.3, 0.4) is 0 Å². The van der Waals surface area contributed by atoms with E-state index in [0.717, 1.165) is 29.5 Å². The van der Waals surface area contributed by atoms with Crippen LogP contribution in [0.25, 0.3) is 0 Å². The van der Waals surface area contributed by atoms with Crippen molar-refractivity contribution in [2.45, 2.75) is 11.4 Å². The van der Waals surface area contributed by atoms with Crippen LogP contribution in [0.15, 0.2) is 39.0 Å². The molecule has 2 aromatic rings. The van der Waals surface area contributed by atoms with E-state index in [9.17, 15) is 18.5 Å². The van der Waals surface area contributed by atoms with Crippen molar-refractivity contribution in [3.63, 3.8) is 0 Å². The predicted octanol–water partition coefficient (Wildman–Crippen LogP) is 2.65. The van der Waals surface area contributed by atoms with Crippen molar-refractivity contribution in [1.82, 2.24) is 9.62 Å². The first-order valence-corrected chi connectivity index (χ1v) is 11.3. The first kappa shape index (κ1) is 20.2. The van der Waals surface area contributed by atoms with E-state index in [1.54, 1.807) is 11.3 Å². The van der Waals surface area contributed by atoms with Crippen molar-refractivity contribution < 1.29 is 13.3 Å². The monoisotopic (exact) mass is 474 g/mol. The lowest BCUT2D eigenvalue weighted by Gasteiger charge is -2.35. The molecule has 0 bridgehead atoms. The number of nitrogens with one attached hydrogen (secondary N) is 1. The quantitative estimate of drug-likeness (QED) is 0.510. The molecular weight excluding hydrogens is 456 g/mol. The van der Waals surface area contributed by atoms with E-state index in [4.69, 9.17) is 0 Å². The van der Waals surface area contributed by atoms with E-state index in [-0.39, 0.29) is 10.6 Å². The zero-order valence-corrected chi connectivity index (χ0v) is 17.8. The van der Waals surface area contributed by atoms with Crippen molar-refractivity contribution in [3.8, 4) is 0 Å². The first-order valence-electron chi connectivity index (χ1n) is 8.23. The Balaban J connectivity index is 1.74. The molecule has 146 valence electrons. The molecule has 8 nitrogen and oxygen atoms in total. The number of rotatable bonds is 6. The van der Waals surface area contributed by atoms with E-state index in [2.05, 4.69) is 31.6 Å². The number of nitro groups is 1. The van der Waals surface area contributed by atoms with Crippen LogP contribution in [-0.2, 0) is 16.6 Å². The van der Waals surface area contributed by atoms with Crippen LogP contribution < -0.4 is 9.62 Å². The van der Waals surface area contributed by atoms with Gasteiger partial charge in [-0.2, -0.15) is 0 Å². The standard InChI is InChI=1S/C16H19BrN4O4S2/c1-18-27(24,25)13-3-4-14(15(10-13)21(22)23)20-8-6-19(7-9-20)11-12-2-5-16(17)26-12/h2-5,10,18H,6-9,11H2,1H3. The highest BCUT2D eigenvalue weighted by Crippen LogP contribution is 2.32. The van der Waals surface area contributed by atoms with Crippen molar-refractivity contribution >= 4 is 48.7 Å². The molecule has 0 atom stereocenters. The zero-order valence-electron chi connectivity index (χ0n) is 14.6. The van der Waals surface area contributed by atoms with Gasteiger partial charge in [-0.15, -0.1) is 11.3 Å². The Kier molecular flexibility index (Phi) is 6.16. The maximum atomic E-state index is 11.9. The molecule has 11 heteroatoms. The molecule has 27 heavy (non-hydrogen) atoms. The fourth-order valence-corrected chi connectivity index (χ4v) is 5.28. The number of nitro benzene ring substituents is 1. The molecule has 1 aliphatic heterocycles. The molecule has 0 saturated carbocycles. The second-order valence-corrected chi connectivity index (χ2v) is 10.5. The number of piperazine rings is 1. The molecule has 2 heterocycles. The van der Waals surface area contributed by atoms with Gasteiger partial charge in [-0.25, -0.2) is 13.1 Å². The summed E-state index contributed by atoms with van der Waals surface area (Å²) in [6.45, 7) is 3.70. The second kappa shape index (κ2) is 8.23. The third-order valence-corrected chi connectivity index (χ3v) is 7.46. The van der Waals surface area contributed by atoms with Gasteiger partial charge in [-0.05, 0) is 47.2 Å². The number of benzene rings is 1. The number of sulfonamides is 1. The third-order valence-electron chi connectivity index (χ3n) is 4.44. The van der Waals surface area contributed by atoms with Crippen LogP contribution in [-0.4, -0.2) is 51.5 Å². The number of thiophene rings is 1. The molecule has 1 saturated heterocycles. The van der Waals surface area contributed by atoms with E-state index >= 15 is 0 Å². The molecule has 0 spiro atoms. The Morgan fingerprint density at radius 2 is 1.93 bits per heavy atom. The Morgan fingerprint density at radius 3 is 2.48 bits per heavy atom. The molecule has 0 radical (unpaired) electrons. The minimum absolute atomic E-state index is 0.109. The molecule has 1 aromatic heterocycles. The van der Waals surface area contributed by atoms with Crippen molar-refractivity contribution in [2.24, 2.45) is 0 Å². The van der Waals surface area contributed by atoms with Gasteiger partial charge in [-0.3, -0.25) is 15.0 Å². The SMILES string of the molecule is CNS(=O)(=O)c1ccc(N2CCN(Cc3ccc(Br)s3)CC2)c([N+](=O)[O-])c1. The lowest BCUT2D eigenvalue weighted by atomic mass is 10.2. The summed E-state index contributed by atoms with van der Waals surface area (Å²) in [6, 6.07) is 8.17. The molecule has 0 amide bonds. The summed E-state index contributed by atoms with van der Waals surface area (Å²) in [5.41, 5.74) is 0.260. The number of hydrogen-bond acceptors (Lipinski definition) is 7. The lowest BCUT2D eigenvalue weighted by Crippen LogP contribution is -2.46. The van der Waals surface area contributed by atoms with Gasteiger partial charge in [0.05, 0.1) is 13.6 Å². The molecule has 0 aliphatic carbocycles. The maximum Gasteiger partial charge on any atom is 0.293 e. The van der Waals surface area contributed by atoms with Gasteiger partial charge in [0.15, 0.2) is 0 Å². The summed E-state index contributed by atoms with van der Waals surface area (Å²) < 4.78 is 27.1. The average Bonchev–Trinajstić information content (AvgIpc) is 3.06. The second-order valence-electron chi connectivity index (χ2n) is 6.08. The van der Waals surface area contributed by atoms with Crippen LogP contribution >= 0.6 is 27.3 Å². The Labute approximate surface area is 170 Å². The van der Waals surface area contributed by atoms with Gasteiger partial charge in [0.25, 0.3) is 5.69 Å². The highest BCUT2D eigenvalue weighted by atomic mass is 79.9. The van der Waals surface area contributed by atoms with Gasteiger partial charge < -0.3 is 4.90 Å². The number of hydrogen-bond donors (Lipinski definition) is 1. The predicted molar refractivity (Wildman–Crippen MR) is 109 cm³/mol. The van der Waals surface area contributed by atoms with Crippen LogP contribution in [0.1, 0.15) is 4.88 Å². The summed E-state index contributed by atoms with van der Waals surface area (Å²) in [5.74, 6) is 0. The fraction of sp³-hybridized carbons (Fsp3) is 0.375. The normalized spacial score (nSPS) is 15.9. The average molecular weight is 475 g/mol. The van der Waals surface area contributed by atoms with Crippen LogP contribution in [0.5, 0.6) is 0 Å². The first-order chi connectivity index (χ1) is 12.8. The van der Waals surface area contributed by atoms with Gasteiger partial charge in [0.1, 0.15) is 5.69 Å². The summed E-state index contributed by atoms with van der Waals surface area (Å²) in [4.78, 5) is 16.4. The molecule has 1 fully saturated rings. The van der Waals surface area contributed by atoms with Crippen molar-refractivity contribution in [3.05, 3.63) is 49.1 Å². The van der Waals surface area contributed by atoms with Crippen LogP contribution in [0, 0.1) is 10.1 Å². The third kappa shape index (κ3) is 4.66. The molecule has 0 unspecified atom stereocenters. The molecule has 3 rings (SSSR count). The van der Waals surface area contributed by atoms with Gasteiger partial charge in [0.2, 0.25) is 10.0 Å². The van der Waals surface area contributed by atoms with E-state index in [1.807, 2.05) is 11.0 Å². The van der Waals surface area contributed by atoms with Gasteiger partial charge in [0, 0.05) is 43.7 Å². The Bertz CT molecular complexity index is 940. The van der Waals surface area contributed by atoms with Crippen molar-refractivity contribution in [1.29, 1.82) is 0 Å². The number of halogens is 1. The number of nitrogens with zero attached hydrogens (tertiary/aromatic N) is 3. The smallest absolute Gasteiger partial charge is 0.293 e. The lowest BCUT2D eigenvalue weighted by molar-refractivity contribution is -0.384. The highest BCUT2D eigenvalue weighted by molar-refractivity contribution is 9.11. The van der Waals surface area contributed by atoms with Crippen molar-refractivity contribution in [2.75, 3.05) is 38.1 Å². The van der Waals surface area contributed by atoms with Gasteiger partial charge >= 0.3 is 0 Å². The molecule has 1 aliphatic rings. The number of anilines is 1. The summed E-state index contributed by atoms with van der Waals surface area (Å²) in [7, 11) is -2.45. The maximum absolute atomic E-state index is 11.9. The van der Waals surface area contributed by atoms with E-state index in [0.29, 0.717) is 18.8 Å². The summed E-state index contributed by atoms with van der Waals surface area (Å²) in [6.07, 6.45) is 0. The van der Waals surface area contributed by atoms with Crippen LogP contribution in [0.2, 0.25) is 0 Å². The summed E-state index contributed by atoms with van der Waals surface area (Å²) >= 11 is 5.16. The Morgan fingerprint density at radius 1 is 1.22 bits per heavy atom. The minimum Gasteiger partial charge on any atom is -0.363 e. The fourth-order valence-electron chi connectivity index (χ4n) is 3.01. The topological polar surface area (TPSA) is 95.8 Å². The molecular formula is C16H19BrN4O4S2. The minimum atomic E-state index is -3.73. The summed E-state index contributed by atoms with van der Waals surface area (Å²) in [5, 5.41) is 11.5. The van der Waals surface area contributed by atoms with Crippen LogP contribution in [0.4, 0.5) is 11.4 Å². The largest absolute Gasteiger partial charge is 0.363 e.